The minimum atomic E-state index is -3.36. The van der Waals surface area contributed by atoms with Crippen molar-refractivity contribution in [3.63, 3.8) is 0 Å². The van der Waals surface area contributed by atoms with Crippen molar-refractivity contribution >= 4 is 27.3 Å². The lowest BCUT2D eigenvalue weighted by molar-refractivity contribution is 0.102. The fourth-order valence-corrected chi connectivity index (χ4v) is 4.60. The normalized spacial score (nSPS) is 16.0. The van der Waals surface area contributed by atoms with Crippen LogP contribution in [0.5, 0.6) is 11.5 Å². The molecule has 1 aliphatic rings. The largest absolute Gasteiger partial charge is 0.497 e. The Morgan fingerprint density at radius 3 is 2.30 bits per heavy atom. The summed E-state index contributed by atoms with van der Waals surface area (Å²) in [6.45, 7) is 1.85. The molecule has 0 unspecified atom stereocenters. The molecule has 1 atom stereocenters. The number of hydrogen-bond donors (Lipinski definition) is 1. The van der Waals surface area contributed by atoms with E-state index in [9.17, 15) is 13.2 Å². The molecule has 2 aromatic rings. The highest BCUT2D eigenvalue weighted by atomic mass is 32.2. The molecule has 0 spiro atoms. The molecule has 0 aliphatic carbocycles. The van der Waals surface area contributed by atoms with Crippen LogP contribution >= 0.6 is 0 Å². The molecule has 0 aromatic heterocycles. The second kappa shape index (κ2) is 7.11. The van der Waals surface area contributed by atoms with Crippen LogP contribution < -0.4 is 19.1 Å². The molecule has 0 bridgehead atoms. The van der Waals surface area contributed by atoms with Crippen LogP contribution in [0.15, 0.2) is 36.4 Å². The van der Waals surface area contributed by atoms with Gasteiger partial charge in [-0.1, -0.05) is 0 Å². The molecule has 144 valence electrons. The molecule has 0 saturated heterocycles. The molecule has 1 N–H and O–H groups in total. The molecule has 3 rings (SSSR count). The maximum atomic E-state index is 12.6. The number of methoxy groups -OCH3 is 2. The summed E-state index contributed by atoms with van der Waals surface area (Å²) in [7, 11) is -0.283. The predicted octanol–water partition coefficient (Wildman–Crippen LogP) is 2.67. The first kappa shape index (κ1) is 19.0. The first-order valence-corrected chi connectivity index (χ1v) is 10.2. The van der Waals surface area contributed by atoms with Crippen molar-refractivity contribution in [2.45, 2.75) is 19.4 Å². The Morgan fingerprint density at radius 1 is 1.11 bits per heavy atom. The van der Waals surface area contributed by atoms with Gasteiger partial charge < -0.3 is 14.8 Å². The lowest BCUT2D eigenvalue weighted by Crippen LogP contribution is -2.34. The zero-order valence-electron chi connectivity index (χ0n) is 15.6. The molecular formula is C19H22N2O5S. The monoisotopic (exact) mass is 390 g/mol. The van der Waals surface area contributed by atoms with E-state index in [0.29, 0.717) is 34.9 Å². The number of anilines is 2. The number of sulfonamides is 1. The summed E-state index contributed by atoms with van der Waals surface area (Å²) in [6.07, 6.45) is 1.76. The van der Waals surface area contributed by atoms with E-state index in [1.54, 1.807) is 36.4 Å². The molecule has 1 amide bonds. The average molecular weight is 390 g/mol. The topological polar surface area (TPSA) is 84.9 Å². The molecule has 2 aromatic carbocycles. The zero-order valence-corrected chi connectivity index (χ0v) is 16.5. The van der Waals surface area contributed by atoms with E-state index >= 15 is 0 Å². The van der Waals surface area contributed by atoms with E-state index in [4.69, 9.17) is 9.47 Å². The van der Waals surface area contributed by atoms with Gasteiger partial charge in [0, 0.05) is 35.5 Å². The summed E-state index contributed by atoms with van der Waals surface area (Å²) in [5.74, 6) is 0.839. The highest BCUT2D eigenvalue weighted by Gasteiger charge is 2.32. The van der Waals surface area contributed by atoms with Gasteiger partial charge in [-0.3, -0.25) is 9.10 Å². The highest BCUT2D eigenvalue weighted by Crippen LogP contribution is 2.35. The molecule has 7 nitrogen and oxygen atoms in total. The average Bonchev–Trinajstić information content (AvgIpc) is 2.96. The van der Waals surface area contributed by atoms with Crippen LogP contribution in [0.1, 0.15) is 22.8 Å². The summed E-state index contributed by atoms with van der Waals surface area (Å²) >= 11 is 0. The second-order valence-corrected chi connectivity index (χ2v) is 8.37. The van der Waals surface area contributed by atoms with Gasteiger partial charge in [0.15, 0.2) is 0 Å². The summed E-state index contributed by atoms with van der Waals surface area (Å²) in [6, 6.07) is 9.98. The van der Waals surface area contributed by atoms with Gasteiger partial charge in [0.05, 0.1) is 26.2 Å². The minimum Gasteiger partial charge on any atom is -0.497 e. The second-order valence-electron chi connectivity index (χ2n) is 6.51. The van der Waals surface area contributed by atoms with Crippen LogP contribution in [0.3, 0.4) is 0 Å². The molecule has 8 heteroatoms. The SMILES string of the molecule is COc1cc(NC(=O)c2ccc3c(c2)C[C@@H](C)N3S(C)(=O)=O)cc(OC)c1. The molecule has 0 saturated carbocycles. The third-order valence-corrected chi connectivity index (χ3v) is 5.73. The fraction of sp³-hybridized carbons (Fsp3) is 0.316. The van der Waals surface area contributed by atoms with Crippen LogP contribution in [0, 0.1) is 0 Å². The first-order valence-electron chi connectivity index (χ1n) is 8.39. The van der Waals surface area contributed by atoms with Crippen LogP contribution in [-0.2, 0) is 16.4 Å². The van der Waals surface area contributed by atoms with Crippen LogP contribution in [-0.4, -0.2) is 40.8 Å². The summed E-state index contributed by atoms with van der Waals surface area (Å²) < 4.78 is 35.8. The Hall–Kier alpha value is -2.74. The van der Waals surface area contributed by atoms with E-state index in [2.05, 4.69) is 5.32 Å². The minimum absolute atomic E-state index is 0.170. The number of amides is 1. The van der Waals surface area contributed by atoms with Gasteiger partial charge in [-0.05, 0) is 37.1 Å². The maximum absolute atomic E-state index is 12.6. The molecule has 1 aliphatic heterocycles. The Balaban J connectivity index is 1.87. The van der Waals surface area contributed by atoms with Gasteiger partial charge in [0.25, 0.3) is 5.91 Å². The van der Waals surface area contributed by atoms with E-state index in [1.165, 1.54) is 24.8 Å². The number of rotatable bonds is 5. The number of nitrogens with one attached hydrogen (secondary N) is 1. The maximum Gasteiger partial charge on any atom is 0.255 e. The molecular weight excluding hydrogens is 368 g/mol. The summed E-state index contributed by atoms with van der Waals surface area (Å²) in [5.41, 5.74) is 2.47. The standard InChI is InChI=1S/C19H22N2O5S/c1-12-7-14-8-13(5-6-18(14)21(12)27(4,23)24)19(22)20-15-9-16(25-2)11-17(10-15)26-3/h5-6,8-12H,7H2,1-4H3,(H,20,22)/t12-/m1/s1. The van der Waals surface area contributed by atoms with Gasteiger partial charge in [0.1, 0.15) is 11.5 Å². The number of nitrogens with zero attached hydrogens (tertiary/aromatic N) is 1. The summed E-state index contributed by atoms with van der Waals surface area (Å²) in [5, 5.41) is 2.82. The van der Waals surface area contributed by atoms with Gasteiger partial charge in [-0.15, -0.1) is 0 Å². The molecule has 27 heavy (non-hydrogen) atoms. The van der Waals surface area contributed by atoms with Gasteiger partial charge >= 0.3 is 0 Å². The first-order chi connectivity index (χ1) is 12.7. The van der Waals surface area contributed by atoms with E-state index in [1.807, 2.05) is 6.92 Å². The van der Waals surface area contributed by atoms with Crippen molar-refractivity contribution in [3.05, 3.63) is 47.5 Å². The van der Waals surface area contributed by atoms with Crippen molar-refractivity contribution in [2.24, 2.45) is 0 Å². The van der Waals surface area contributed by atoms with Crippen molar-refractivity contribution in [3.8, 4) is 11.5 Å². The third-order valence-electron chi connectivity index (χ3n) is 4.46. The lowest BCUT2D eigenvalue weighted by atomic mass is 10.1. The number of fused-ring (bicyclic) bond motifs is 1. The smallest absolute Gasteiger partial charge is 0.255 e. The van der Waals surface area contributed by atoms with Crippen LogP contribution in [0.25, 0.3) is 0 Å². The number of carbonyl (C=O) groups excluding carboxylic acids is 1. The molecule has 1 heterocycles. The molecule has 0 radical (unpaired) electrons. The van der Waals surface area contributed by atoms with Crippen LogP contribution in [0.4, 0.5) is 11.4 Å². The van der Waals surface area contributed by atoms with E-state index in [0.717, 1.165) is 5.56 Å². The Morgan fingerprint density at radius 2 is 1.74 bits per heavy atom. The summed E-state index contributed by atoms with van der Waals surface area (Å²) in [4.78, 5) is 12.6. The molecule has 0 fully saturated rings. The van der Waals surface area contributed by atoms with E-state index < -0.39 is 10.0 Å². The van der Waals surface area contributed by atoms with Crippen molar-refractivity contribution in [1.82, 2.24) is 0 Å². The van der Waals surface area contributed by atoms with Crippen molar-refractivity contribution in [2.75, 3.05) is 30.1 Å². The van der Waals surface area contributed by atoms with Gasteiger partial charge in [-0.2, -0.15) is 0 Å². The Kier molecular flexibility index (Phi) is 5.01. The number of ether oxygens (including phenoxy) is 2. The number of hydrogen-bond acceptors (Lipinski definition) is 5. The predicted molar refractivity (Wildman–Crippen MR) is 104 cm³/mol. The quantitative estimate of drug-likeness (QED) is 0.848. The van der Waals surface area contributed by atoms with E-state index in [-0.39, 0.29) is 11.9 Å². The highest BCUT2D eigenvalue weighted by molar-refractivity contribution is 7.92. The third kappa shape index (κ3) is 3.85. The zero-order chi connectivity index (χ0) is 19.8. The van der Waals surface area contributed by atoms with Crippen molar-refractivity contribution in [1.29, 1.82) is 0 Å². The van der Waals surface area contributed by atoms with Gasteiger partial charge in [0.2, 0.25) is 10.0 Å². The van der Waals surface area contributed by atoms with Gasteiger partial charge in [-0.25, -0.2) is 8.42 Å². The number of carbonyl (C=O) groups is 1. The van der Waals surface area contributed by atoms with Crippen LogP contribution in [0.2, 0.25) is 0 Å². The van der Waals surface area contributed by atoms with Crippen molar-refractivity contribution < 1.29 is 22.7 Å². The Bertz CT molecular complexity index is 965. The fourth-order valence-electron chi connectivity index (χ4n) is 3.33. The Labute approximate surface area is 158 Å². The number of benzene rings is 2. The lowest BCUT2D eigenvalue weighted by Gasteiger charge is -2.21.